The van der Waals surface area contributed by atoms with E-state index in [-0.39, 0.29) is 19.2 Å². The van der Waals surface area contributed by atoms with Gasteiger partial charge in [0.05, 0.1) is 19.8 Å². The molecule has 0 aromatic heterocycles. The summed E-state index contributed by atoms with van der Waals surface area (Å²) in [5.41, 5.74) is 0. The Labute approximate surface area is 291 Å². The number of allylic oxidation sites excluding steroid dienone is 6. The van der Waals surface area contributed by atoms with Crippen LogP contribution >= 0.6 is 0 Å². The van der Waals surface area contributed by atoms with Gasteiger partial charge in [0, 0.05) is 13.0 Å². The molecule has 0 radical (unpaired) electrons. The molecule has 0 amide bonds. The summed E-state index contributed by atoms with van der Waals surface area (Å²) in [5, 5.41) is 39.9. The van der Waals surface area contributed by atoms with E-state index in [0.717, 1.165) is 77.0 Å². The molecular formula is C39H70O9. The second kappa shape index (κ2) is 31.4. The summed E-state index contributed by atoms with van der Waals surface area (Å²) in [5.74, 6) is -0.333. The SMILES string of the molecule is CCC/C=C\C/C=C\CCCCCCCC(=O)OC(COCCCCCCCC/C=C\CCCC)COC1OC(CO)C(O)C(O)C1O. The Hall–Kier alpha value is -1.59. The van der Waals surface area contributed by atoms with Crippen LogP contribution in [-0.4, -0.2) is 89.6 Å². The molecule has 0 spiro atoms. The number of carbonyl (C=O) groups is 1. The Balaban J connectivity index is 2.36. The topological polar surface area (TPSA) is 135 Å². The van der Waals surface area contributed by atoms with Crippen molar-refractivity contribution < 1.29 is 44.2 Å². The van der Waals surface area contributed by atoms with E-state index in [1.54, 1.807) is 0 Å². The Morgan fingerprint density at radius 1 is 0.667 bits per heavy atom. The van der Waals surface area contributed by atoms with Crippen LogP contribution in [0.2, 0.25) is 0 Å². The molecule has 0 aliphatic carbocycles. The zero-order chi connectivity index (χ0) is 35.1. The van der Waals surface area contributed by atoms with Gasteiger partial charge in [-0.15, -0.1) is 0 Å². The number of hydrogen-bond donors (Lipinski definition) is 4. The maximum atomic E-state index is 12.7. The van der Waals surface area contributed by atoms with Crippen molar-refractivity contribution in [2.75, 3.05) is 26.4 Å². The van der Waals surface area contributed by atoms with Crippen LogP contribution in [0, 0.1) is 0 Å². The minimum absolute atomic E-state index is 0.122. The second-order valence-electron chi connectivity index (χ2n) is 13.0. The highest BCUT2D eigenvalue weighted by Crippen LogP contribution is 2.22. The fourth-order valence-corrected chi connectivity index (χ4v) is 5.45. The largest absolute Gasteiger partial charge is 0.457 e. The van der Waals surface area contributed by atoms with Crippen LogP contribution in [0.1, 0.15) is 142 Å². The molecule has 280 valence electrons. The number of carbonyl (C=O) groups excluding carboxylic acids is 1. The molecule has 4 N–H and O–H groups in total. The molecular weight excluding hydrogens is 612 g/mol. The number of rotatable bonds is 31. The van der Waals surface area contributed by atoms with Crippen molar-refractivity contribution in [3.63, 3.8) is 0 Å². The van der Waals surface area contributed by atoms with Crippen molar-refractivity contribution in [2.45, 2.75) is 179 Å². The first-order chi connectivity index (χ1) is 23.4. The molecule has 9 nitrogen and oxygen atoms in total. The quantitative estimate of drug-likeness (QED) is 0.0339. The standard InChI is InChI=1S/C39H70O9/c1-3-5-7-9-11-13-15-17-18-20-22-24-26-28-35(41)47-33(32-46-39-38(44)37(43)36(42)34(30-40)48-39)31-45-29-27-25-23-21-19-16-14-12-10-8-6-4-2/h7,9-10,12-13,15,33-34,36-40,42-44H,3-6,8,11,14,16-32H2,1-2H3/b9-7-,12-10-,15-13-. The highest BCUT2D eigenvalue weighted by atomic mass is 16.7. The van der Waals surface area contributed by atoms with E-state index in [1.807, 2.05) is 0 Å². The van der Waals surface area contributed by atoms with Crippen molar-refractivity contribution in [1.29, 1.82) is 0 Å². The predicted molar refractivity (Wildman–Crippen MR) is 192 cm³/mol. The predicted octanol–water partition coefficient (Wildman–Crippen LogP) is 7.24. The number of aliphatic hydroxyl groups is 4. The van der Waals surface area contributed by atoms with Crippen LogP contribution < -0.4 is 0 Å². The van der Waals surface area contributed by atoms with Crippen molar-refractivity contribution >= 4 is 5.97 Å². The molecule has 0 aromatic rings. The van der Waals surface area contributed by atoms with Gasteiger partial charge in [0.1, 0.15) is 30.5 Å². The van der Waals surface area contributed by atoms with Crippen molar-refractivity contribution in [1.82, 2.24) is 0 Å². The summed E-state index contributed by atoms with van der Waals surface area (Å²) >= 11 is 0. The first-order valence-corrected chi connectivity index (χ1v) is 19.1. The van der Waals surface area contributed by atoms with Gasteiger partial charge in [0.15, 0.2) is 6.29 Å². The fraction of sp³-hybridized carbons (Fsp3) is 0.821. The lowest BCUT2D eigenvalue weighted by atomic mass is 9.99. The summed E-state index contributed by atoms with van der Waals surface area (Å²) in [4.78, 5) is 12.7. The Morgan fingerprint density at radius 3 is 1.90 bits per heavy atom. The molecule has 1 rings (SSSR count). The zero-order valence-electron chi connectivity index (χ0n) is 30.2. The lowest BCUT2D eigenvalue weighted by molar-refractivity contribution is -0.305. The lowest BCUT2D eigenvalue weighted by Gasteiger charge is -2.39. The van der Waals surface area contributed by atoms with Crippen LogP contribution in [0.4, 0.5) is 0 Å². The molecule has 0 saturated carbocycles. The van der Waals surface area contributed by atoms with Crippen LogP contribution in [0.15, 0.2) is 36.5 Å². The first kappa shape index (κ1) is 44.4. The maximum absolute atomic E-state index is 12.7. The second-order valence-corrected chi connectivity index (χ2v) is 13.0. The average molecular weight is 683 g/mol. The normalized spacial score (nSPS) is 22.3. The minimum atomic E-state index is -1.54. The first-order valence-electron chi connectivity index (χ1n) is 19.1. The number of hydrogen-bond acceptors (Lipinski definition) is 9. The van der Waals surface area contributed by atoms with Gasteiger partial charge >= 0.3 is 5.97 Å². The van der Waals surface area contributed by atoms with Gasteiger partial charge < -0.3 is 39.4 Å². The minimum Gasteiger partial charge on any atom is -0.457 e. The van der Waals surface area contributed by atoms with Gasteiger partial charge in [0.2, 0.25) is 0 Å². The summed E-state index contributed by atoms with van der Waals surface area (Å²) in [6.45, 7) is 4.41. The molecule has 9 heteroatoms. The van der Waals surface area contributed by atoms with E-state index in [2.05, 4.69) is 50.3 Å². The van der Waals surface area contributed by atoms with E-state index >= 15 is 0 Å². The van der Waals surface area contributed by atoms with Crippen LogP contribution in [-0.2, 0) is 23.7 Å². The van der Waals surface area contributed by atoms with Gasteiger partial charge in [-0.1, -0.05) is 115 Å². The van der Waals surface area contributed by atoms with E-state index in [4.69, 9.17) is 18.9 Å². The summed E-state index contributed by atoms with van der Waals surface area (Å²) in [6.07, 6.45) is 27.4. The Morgan fingerprint density at radius 2 is 1.25 bits per heavy atom. The fourth-order valence-electron chi connectivity index (χ4n) is 5.45. The molecule has 1 heterocycles. The Bertz CT molecular complexity index is 828. The van der Waals surface area contributed by atoms with E-state index in [0.29, 0.717) is 13.0 Å². The molecule has 1 fully saturated rings. The number of ether oxygens (including phenoxy) is 4. The van der Waals surface area contributed by atoms with Gasteiger partial charge in [-0.3, -0.25) is 4.79 Å². The van der Waals surface area contributed by atoms with Crippen LogP contribution in [0.5, 0.6) is 0 Å². The third-order valence-electron chi connectivity index (χ3n) is 8.51. The summed E-state index contributed by atoms with van der Waals surface area (Å²) < 4.78 is 22.7. The molecule has 1 aliphatic heterocycles. The van der Waals surface area contributed by atoms with Crippen LogP contribution in [0.25, 0.3) is 0 Å². The van der Waals surface area contributed by atoms with E-state index in [9.17, 15) is 25.2 Å². The van der Waals surface area contributed by atoms with E-state index < -0.39 is 43.4 Å². The summed E-state index contributed by atoms with van der Waals surface area (Å²) in [6, 6.07) is 0. The van der Waals surface area contributed by atoms with E-state index in [1.165, 1.54) is 44.9 Å². The summed E-state index contributed by atoms with van der Waals surface area (Å²) in [7, 11) is 0. The zero-order valence-corrected chi connectivity index (χ0v) is 30.2. The van der Waals surface area contributed by atoms with Crippen LogP contribution in [0.3, 0.4) is 0 Å². The molecule has 1 saturated heterocycles. The van der Waals surface area contributed by atoms with Crippen molar-refractivity contribution in [3.05, 3.63) is 36.5 Å². The molecule has 0 bridgehead atoms. The van der Waals surface area contributed by atoms with Crippen molar-refractivity contribution in [3.8, 4) is 0 Å². The Kier molecular flexibility index (Phi) is 29.1. The van der Waals surface area contributed by atoms with Crippen molar-refractivity contribution in [2.24, 2.45) is 0 Å². The van der Waals surface area contributed by atoms with Gasteiger partial charge in [-0.25, -0.2) is 0 Å². The van der Waals surface area contributed by atoms with Gasteiger partial charge in [0.25, 0.3) is 0 Å². The monoisotopic (exact) mass is 683 g/mol. The molecule has 0 aromatic carbocycles. The highest BCUT2D eigenvalue weighted by Gasteiger charge is 2.44. The average Bonchev–Trinajstić information content (AvgIpc) is 3.08. The number of aliphatic hydroxyl groups excluding tert-OH is 4. The number of unbranched alkanes of at least 4 members (excludes halogenated alkanes) is 14. The smallest absolute Gasteiger partial charge is 0.306 e. The third-order valence-corrected chi connectivity index (χ3v) is 8.51. The molecule has 1 aliphatic rings. The molecule has 48 heavy (non-hydrogen) atoms. The molecule has 6 atom stereocenters. The number of esters is 1. The van der Waals surface area contributed by atoms with Gasteiger partial charge in [-0.05, 0) is 57.8 Å². The lowest BCUT2D eigenvalue weighted by Crippen LogP contribution is -2.59. The third kappa shape index (κ3) is 22.9. The highest BCUT2D eigenvalue weighted by molar-refractivity contribution is 5.69. The molecule has 6 unspecified atom stereocenters. The maximum Gasteiger partial charge on any atom is 0.306 e. The van der Waals surface area contributed by atoms with Gasteiger partial charge in [-0.2, -0.15) is 0 Å².